The summed E-state index contributed by atoms with van der Waals surface area (Å²) in [5, 5.41) is 6.07. The minimum absolute atomic E-state index is 0.273. The van der Waals surface area contributed by atoms with Gasteiger partial charge in [0.15, 0.2) is 0 Å². The minimum atomic E-state index is -0.338. The van der Waals surface area contributed by atoms with Crippen LogP contribution in [0.1, 0.15) is 12.7 Å². The first-order valence-corrected chi connectivity index (χ1v) is 8.57. The summed E-state index contributed by atoms with van der Waals surface area (Å²) in [6.07, 6.45) is 0. The first kappa shape index (κ1) is 16.4. The second-order valence-electron chi connectivity index (χ2n) is 5.40. The van der Waals surface area contributed by atoms with Gasteiger partial charge in [0.2, 0.25) is 5.91 Å². The fraction of sp³-hybridized carbons (Fsp3) is 0.222. The van der Waals surface area contributed by atoms with Crippen molar-refractivity contribution in [3.05, 3.63) is 48.2 Å². The molecular weight excluding hydrogens is 324 g/mol. The van der Waals surface area contributed by atoms with E-state index in [4.69, 9.17) is 15.0 Å². The standard InChI is InChI=1S/C18H18N2O3S/c1-11(18(19)21)24-10-13-9-15(20-23-13)17-14-6-4-3-5-12(14)7-8-16(17)22-2/h3-9,11H,10H2,1-2H3,(H2,19,21)/t11-/m1/s1. The molecule has 24 heavy (non-hydrogen) atoms. The largest absolute Gasteiger partial charge is 0.496 e. The predicted octanol–water partition coefficient (Wildman–Crippen LogP) is 3.61. The topological polar surface area (TPSA) is 78.4 Å². The number of hydrogen-bond acceptors (Lipinski definition) is 5. The fourth-order valence-electron chi connectivity index (χ4n) is 2.47. The van der Waals surface area contributed by atoms with Crippen LogP contribution in [0.4, 0.5) is 0 Å². The van der Waals surface area contributed by atoms with Crippen molar-refractivity contribution < 1.29 is 14.1 Å². The highest BCUT2D eigenvalue weighted by Gasteiger charge is 2.16. The third kappa shape index (κ3) is 3.23. The molecule has 0 radical (unpaired) electrons. The fourth-order valence-corrected chi connectivity index (χ4v) is 3.19. The molecule has 124 valence electrons. The Balaban J connectivity index is 1.95. The second-order valence-corrected chi connectivity index (χ2v) is 6.73. The quantitative estimate of drug-likeness (QED) is 0.740. The van der Waals surface area contributed by atoms with Crippen LogP contribution in [0.15, 0.2) is 47.0 Å². The van der Waals surface area contributed by atoms with Gasteiger partial charge < -0.3 is 15.0 Å². The maximum Gasteiger partial charge on any atom is 0.230 e. The van der Waals surface area contributed by atoms with E-state index in [-0.39, 0.29) is 11.2 Å². The molecule has 2 aromatic carbocycles. The smallest absolute Gasteiger partial charge is 0.230 e. The number of hydrogen-bond donors (Lipinski definition) is 1. The summed E-state index contributed by atoms with van der Waals surface area (Å²) in [4.78, 5) is 11.1. The number of primary amides is 1. The zero-order valence-electron chi connectivity index (χ0n) is 13.5. The first-order valence-electron chi connectivity index (χ1n) is 7.52. The number of benzene rings is 2. The van der Waals surface area contributed by atoms with E-state index in [9.17, 15) is 4.79 Å². The molecule has 0 unspecified atom stereocenters. The molecule has 2 N–H and O–H groups in total. The Kier molecular flexibility index (Phi) is 4.76. The van der Waals surface area contributed by atoms with Crippen molar-refractivity contribution in [1.29, 1.82) is 0 Å². The van der Waals surface area contributed by atoms with Crippen LogP contribution in [0.3, 0.4) is 0 Å². The van der Waals surface area contributed by atoms with Gasteiger partial charge in [0.1, 0.15) is 17.2 Å². The van der Waals surface area contributed by atoms with Crippen molar-refractivity contribution in [2.24, 2.45) is 5.73 Å². The maximum absolute atomic E-state index is 11.1. The third-order valence-corrected chi connectivity index (χ3v) is 4.99. The number of nitrogens with zero attached hydrogens (tertiary/aromatic N) is 1. The summed E-state index contributed by atoms with van der Waals surface area (Å²) in [5.74, 6) is 1.63. The van der Waals surface area contributed by atoms with Gasteiger partial charge in [-0.1, -0.05) is 35.5 Å². The number of ether oxygens (including phenoxy) is 1. The summed E-state index contributed by atoms with van der Waals surface area (Å²) in [6, 6.07) is 13.9. The monoisotopic (exact) mass is 342 g/mol. The van der Waals surface area contributed by atoms with Crippen molar-refractivity contribution in [3.63, 3.8) is 0 Å². The van der Waals surface area contributed by atoms with Gasteiger partial charge in [-0.2, -0.15) is 0 Å². The lowest BCUT2D eigenvalue weighted by molar-refractivity contribution is -0.117. The van der Waals surface area contributed by atoms with Gasteiger partial charge in [0, 0.05) is 6.07 Å². The number of nitrogens with two attached hydrogens (primary N) is 1. The van der Waals surface area contributed by atoms with Crippen molar-refractivity contribution in [2.45, 2.75) is 17.9 Å². The number of methoxy groups -OCH3 is 1. The number of thioether (sulfide) groups is 1. The van der Waals surface area contributed by atoms with Crippen LogP contribution in [0.25, 0.3) is 22.0 Å². The third-order valence-electron chi connectivity index (χ3n) is 3.80. The molecule has 3 aromatic rings. The highest BCUT2D eigenvalue weighted by molar-refractivity contribution is 7.99. The Morgan fingerprint density at radius 2 is 2.12 bits per heavy atom. The second kappa shape index (κ2) is 6.97. The van der Waals surface area contributed by atoms with Gasteiger partial charge in [-0.3, -0.25) is 4.79 Å². The number of fused-ring (bicyclic) bond motifs is 1. The molecule has 0 aliphatic rings. The molecule has 0 aliphatic heterocycles. The summed E-state index contributed by atoms with van der Waals surface area (Å²) in [5.41, 5.74) is 6.89. The molecule has 0 spiro atoms. The van der Waals surface area contributed by atoms with Crippen LogP contribution < -0.4 is 10.5 Å². The van der Waals surface area contributed by atoms with Crippen molar-refractivity contribution in [2.75, 3.05) is 7.11 Å². The van der Waals surface area contributed by atoms with E-state index in [1.165, 1.54) is 11.8 Å². The van der Waals surface area contributed by atoms with Gasteiger partial charge >= 0.3 is 0 Å². The zero-order chi connectivity index (χ0) is 17.1. The molecule has 1 amide bonds. The van der Waals surface area contributed by atoms with Gasteiger partial charge in [-0.25, -0.2) is 0 Å². The maximum atomic E-state index is 11.1. The number of rotatable bonds is 6. The van der Waals surface area contributed by atoms with Crippen molar-refractivity contribution in [1.82, 2.24) is 5.16 Å². The lowest BCUT2D eigenvalue weighted by Crippen LogP contribution is -2.22. The normalized spacial score (nSPS) is 12.2. The van der Waals surface area contributed by atoms with Crippen LogP contribution in [0, 0.1) is 0 Å². The zero-order valence-corrected chi connectivity index (χ0v) is 14.3. The van der Waals surface area contributed by atoms with Crippen LogP contribution >= 0.6 is 11.8 Å². The Hall–Kier alpha value is -2.47. The van der Waals surface area contributed by atoms with Gasteiger partial charge in [-0.05, 0) is 23.8 Å². The number of carbonyl (C=O) groups is 1. The molecule has 1 atom stereocenters. The molecule has 0 bridgehead atoms. The summed E-state index contributed by atoms with van der Waals surface area (Å²) < 4.78 is 10.9. The summed E-state index contributed by atoms with van der Waals surface area (Å²) in [7, 11) is 1.64. The Bertz CT molecular complexity index is 876. The molecule has 1 aromatic heterocycles. The number of amides is 1. The van der Waals surface area contributed by atoms with E-state index in [0.29, 0.717) is 17.2 Å². The lowest BCUT2D eigenvalue weighted by atomic mass is 10.0. The average Bonchev–Trinajstić information content (AvgIpc) is 3.06. The highest BCUT2D eigenvalue weighted by Crippen LogP contribution is 2.37. The van der Waals surface area contributed by atoms with E-state index < -0.39 is 0 Å². The summed E-state index contributed by atoms with van der Waals surface area (Å²) in [6.45, 7) is 1.78. The molecule has 0 fully saturated rings. The van der Waals surface area contributed by atoms with Crippen molar-refractivity contribution >= 4 is 28.4 Å². The minimum Gasteiger partial charge on any atom is -0.496 e. The van der Waals surface area contributed by atoms with Gasteiger partial charge in [0.05, 0.1) is 23.7 Å². The van der Waals surface area contributed by atoms with E-state index >= 15 is 0 Å². The molecule has 5 nitrogen and oxygen atoms in total. The molecule has 6 heteroatoms. The van der Waals surface area contributed by atoms with E-state index in [1.54, 1.807) is 14.0 Å². The van der Waals surface area contributed by atoms with Crippen molar-refractivity contribution in [3.8, 4) is 17.0 Å². The van der Waals surface area contributed by atoms with Crippen LogP contribution in [-0.2, 0) is 10.5 Å². The Labute approximate surface area is 144 Å². The molecule has 0 saturated heterocycles. The van der Waals surface area contributed by atoms with E-state index in [0.717, 1.165) is 22.1 Å². The Morgan fingerprint density at radius 1 is 1.33 bits per heavy atom. The Morgan fingerprint density at radius 3 is 2.88 bits per heavy atom. The average molecular weight is 342 g/mol. The van der Waals surface area contributed by atoms with E-state index in [2.05, 4.69) is 5.16 Å². The van der Waals surface area contributed by atoms with Crippen LogP contribution in [0.2, 0.25) is 0 Å². The summed E-state index contributed by atoms with van der Waals surface area (Å²) >= 11 is 1.42. The highest BCUT2D eigenvalue weighted by atomic mass is 32.2. The first-order chi connectivity index (χ1) is 11.6. The molecule has 1 heterocycles. The molecule has 0 aliphatic carbocycles. The predicted molar refractivity (Wildman–Crippen MR) is 95.9 cm³/mol. The molecule has 0 saturated carbocycles. The number of carbonyl (C=O) groups excluding carboxylic acids is 1. The van der Waals surface area contributed by atoms with Crippen LogP contribution in [-0.4, -0.2) is 23.4 Å². The van der Waals surface area contributed by atoms with Gasteiger partial charge in [-0.15, -0.1) is 11.8 Å². The SMILES string of the molecule is COc1ccc2ccccc2c1-c1cc(CS[C@H](C)C(N)=O)on1. The van der Waals surface area contributed by atoms with Gasteiger partial charge in [0.25, 0.3) is 0 Å². The van der Waals surface area contributed by atoms with Crippen LogP contribution in [0.5, 0.6) is 5.75 Å². The number of aromatic nitrogens is 1. The van der Waals surface area contributed by atoms with E-state index in [1.807, 2.05) is 42.5 Å². The lowest BCUT2D eigenvalue weighted by Gasteiger charge is -2.09. The molecular formula is C18H18N2O3S. The molecule has 3 rings (SSSR count).